The Kier molecular flexibility index (Phi) is 6.00. The van der Waals surface area contributed by atoms with Gasteiger partial charge in [-0.05, 0) is 69.2 Å². The first-order chi connectivity index (χ1) is 14.3. The van der Waals surface area contributed by atoms with Gasteiger partial charge in [0, 0.05) is 23.8 Å². The number of imidazole rings is 1. The van der Waals surface area contributed by atoms with Gasteiger partial charge in [-0.2, -0.15) is 0 Å². The lowest BCUT2D eigenvalue weighted by Gasteiger charge is -2.26. The van der Waals surface area contributed by atoms with Crippen LogP contribution in [0.5, 0.6) is 0 Å². The van der Waals surface area contributed by atoms with E-state index in [9.17, 15) is 13.2 Å². The fraction of sp³-hybridized carbons (Fsp3) is 0.565. The van der Waals surface area contributed by atoms with E-state index in [4.69, 9.17) is 0 Å². The van der Waals surface area contributed by atoms with Crippen LogP contribution in [-0.4, -0.2) is 29.6 Å². The van der Waals surface area contributed by atoms with Crippen LogP contribution in [0.15, 0.2) is 23.4 Å². The van der Waals surface area contributed by atoms with Gasteiger partial charge in [-0.3, -0.25) is 4.79 Å². The molecule has 2 aliphatic carbocycles. The average molecular weight is 430 g/mol. The third-order valence-electron chi connectivity index (χ3n) is 6.55. The van der Waals surface area contributed by atoms with Gasteiger partial charge in [0.15, 0.2) is 0 Å². The molecule has 1 N–H and O–H groups in total. The quantitative estimate of drug-likeness (QED) is 0.742. The van der Waals surface area contributed by atoms with Crippen LogP contribution in [0.2, 0.25) is 0 Å². The average Bonchev–Trinajstić information content (AvgIpc) is 3.32. The molecule has 1 amide bonds. The Morgan fingerprint density at radius 1 is 1.10 bits per heavy atom. The summed E-state index contributed by atoms with van der Waals surface area (Å²) in [5, 5.41) is 2.99. The van der Waals surface area contributed by atoms with Gasteiger partial charge < -0.3 is 9.88 Å². The highest BCUT2D eigenvalue weighted by Gasteiger charge is 2.29. The summed E-state index contributed by atoms with van der Waals surface area (Å²) in [6.45, 7) is 3.80. The van der Waals surface area contributed by atoms with E-state index in [-0.39, 0.29) is 29.3 Å². The molecule has 30 heavy (non-hydrogen) atoms. The van der Waals surface area contributed by atoms with Crippen LogP contribution in [0.3, 0.4) is 0 Å². The minimum atomic E-state index is -3.65. The highest BCUT2D eigenvalue weighted by atomic mass is 32.2. The van der Waals surface area contributed by atoms with Crippen LogP contribution in [0.25, 0.3) is 0 Å². The van der Waals surface area contributed by atoms with Crippen molar-refractivity contribution in [3.63, 3.8) is 0 Å². The lowest BCUT2D eigenvalue weighted by molar-refractivity contribution is -0.115. The number of aryl methyl sites for hydroxylation is 3. The highest BCUT2D eigenvalue weighted by molar-refractivity contribution is 7.91. The van der Waals surface area contributed by atoms with E-state index < -0.39 is 9.84 Å². The van der Waals surface area contributed by atoms with Gasteiger partial charge in [0.25, 0.3) is 0 Å². The van der Waals surface area contributed by atoms with E-state index in [1.165, 1.54) is 17.5 Å². The minimum Gasteiger partial charge on any atom is -0.326 e. The fourth-order valence-corrected chi connectivity index (χ4v) is 6.27. The Balaban J connectivity index is 1.45. The number of nitrogens with zero attached hydrogens (tertiary/aromatic N) is 2. The molecule has 6 nitrogen and oxygen atoms in total. The van der Waals surface area contributed by atoms with Crippen molar-refractivity contribution >= 4 is 21.4 Å². The van der Waals surface area contributed by atoms with E-state index in [0.717, 1.165) is 62.0 Å². The van der Waals surface area contributed by atoms with Gasteiger partial charge in [0.05, 0.1) is 11.4 Å². The summed E-state index contributed by atoms with van der Waals surface area (Å²) in [7, 11) is -3.65. The highest BCUT2D eigenvalue weighted by Crippen LogP contribution is 2.33. The molecule has 0 saturated heterocycles. The summed E-state index contributed by atoms with van der Waals surface area (Å²) in [4.78, 5) is 16.8. The van der Waals surface area contributed by atoms with Crippen molar-refractivity contribution in [2.45, 2.75) is 82.8 Å². The molecule has 0 unspecified atom stereocenters. The van der Waals surface area contributed by atoms with Crippen LogP contribution in [0, 0.1) is 13.8 Å². The number of anilines is 1. The Labute approximate surface area is 179 Å². The molecule has 1 heterocycles. The number of carbonyl (C=O) groups is 1. The van der Waals surface area contributed by atoms with Gasteiger partial charge >= 0.3 is 0 Å². The molecule has 0 spiro atoms. The number of sulfone groups is 1. The molecular weight excluding hydrogens is 398 g/mol. The lowest BCUT2D eigenvalue weighted by Crippen LogP contribution is -2.23. The van der Waals surface area contributed by atoms with Crippen molar-refractivity contribution in [2.24, 2.45) is 0 Å². The molecule has 0 bridgehead atoms. The number of nitrogens with one attached hydrogen (secondary N) is 1. The predicted molar refractivity (Wildman–Crippen MR) is 118 cm³/mol. The molecular formula is C23H31N3O3S. The van der Waals surface area contributed by atoms with E-state index >= 15 is 0 Å². The van der Waals surface area contributed by atoms with E-state index in [1.54, 1.807) is 0 Å². The number of carbonyl (C=O) groups excluding carboxylic acids is 1. The first kappa shape index (κ1) is 21.1. The second-order valence-corrected chi connectivity index (χ2v) is 10.7. The molecule has 2 aliphatic rings. The van der Waals surface area contributed by atoms with Crippen LogP contribution in [-0.2, 0) is 27.5 Å². The number of hydrogen-bond acceptors (Lipinski definition) is 4. The summed E-state index contributed by atoms with van der Waals surface area (Å²) in [5.41, 5.74) is 5.04. The Hall–Kier alpha value is -2.15. The van der Waals surface area contributed by atoms with Gasteiger partial charge in [-0.15, -0.1) is 0 Å². The molecule has 1 aromatic carbocycles. The number of aromatic nitrogens is 2. The van der Waals surface area contributed by atoms with Crippen LogP contribution < -0.4 is 5.32 Å². The fourth-order valence-electron chi connectivity index (χ4n) is 4.78. The summed E-state index contributed by atoms with van der Waals surface area (Å²) >= 11 is 0. The topological polar surface area (TPSA) is 81.1 Å². The Bertz CT molecular complexity index is 1050. The second-order valence-electron chi connectivity index (χ2n) is 8.68. The zero-order valence-electron chi connectivity index (χ0n) is 17.9. The number of benzene rings is 1. The molecule has 1 saturated carbocycles. The van der Waals surface area contributed by atoms with E-state index in [0.29, 0.717) is 0 Å². The van der Waals surface area contributed by atoms with Crippen molar-refractivity contribution in [3.8, 4) is 0 Å². The number of fused-ring (bicyclic) bond motifs is 1. The molecule has 1 fully saturated rings. The van der Waals surface area contributed by atoms with Crippen LogP contribution in [0.4, 0.5) is 5.69 Å². The number of hydrogen-bond donors (Lipinski definition) is 1. The first-order valence-corrected chi connectivity index (χ1v) is 12.7. The standard InChI is InChI=1S/C23H31N3O3S/c1-16-17(2)26(21-9-4-3-5-10-21)23(24-16)30(28,29)14-13-22(27)25-20-12-11-18-7-6-8-19(18)15-20/h11-12,15,21H,3-10,13-14H2,1-2H3,(H,25,27). The Morgan fingerprint density at radius 2 is 1.83 bits per heavy atom. The maximum Gasteiger partial charge on any atom is 0.228 e. The monoisotopic (exact) mass is 429 g/mol. The van der Waals surface area contributed by atoms with Crippen molar-refractivity contribution in [2.75, 3.05) is 11.1 Å². The van der Waals surface area contributed by atoms with Crippen LogP contribution >= 0.6 is 0 Å². The van der Waals surface area contributed by atoms with Gasteiger partial charge in [-0.1, -0.05) is 25.3 Å². The van der Waals surface area contributed by atoms with Crippen LogP contribution in [0.1, 0.15) is 73.5 Å². The maximum absolute atomic E-state index is 13.1. The van der Waals surface area contributed by atoms with E-state index in [2.05, 4.69) is 16.4 Å². The molecule has 1 aromatic heterocycles. The van der Waals surface area contributed by atoms with Crippen molar-refractivity contribution < 1.29 is 13.2 Å². The zero-order valence-corrected chi connectivity index (χ0v) is 18.7. The number of amides is 1. The molecule has 2 aromatic rings. The summed E-state index contributed by atoms with van der Waals surface area (Å²) in [6.07, 6.45) is 8.61. The van der Waals surface area contributed by atoms with E-state index in [1.807, 2.05) is 30.5 Å². The second kappa shape index (κ2) is 8.53. The lowest BCUT2D eigenvalue weighted by atomic mass is 9.95. The maximum atomic E-state index is 13.1. The third kappa shape index (κ3) is 4.31. The van der Waals surface area contributed by atoms with Crippen molar-refractivity contribution in [3.05, 3.63) is 40.7 Å². The molecule has 162 valence electrons. The smallest absolute Gasteiger partial charge is 0.228 e. The normalized spacial score (nSPS) is 17.1. The number of rotatable bonds is 6. The molecule has 0 aliphatic heterocycles. The molecule has 4 rings (SSSR count). The SMILES string of the molecule is Cc1nc(S(=O)(=O)CCC(=O)Nc2ccc3c(c2)CCC3)n(C2CCCCC2)c1C. The predicted octanol–water partition coefficient (Wildman–Crippen LogP) is 4.30. The summed E-state index contributed by atoms with van der Waals surface area (Å²) in [6, 6.07) is 6.15. The summed E-state index contributed by atoms with van der Waals surface area (Å²) in [5.74, 6) is -0.507. The third-order valence-corrected chi connectivity index (χ3v) is 8.14. The Morgan fingerprint density at radius 3 is 2.60 bits per heavy atom. The minimum absolute atomic E-state index is 0.0744. The van der Waals surface area contributed by atoms with Crippen molar-refractivity contribution in [1.82, 2.24) is 9.55 Å². The van der Waals surface area contributed by atoms with Gasteiger partial charge in [0.2, 0.25) is 20.9 Å². The first-order valence-electron chi connectivity index (χ1n) is 11.0. The molecule has 7 heteroatoms. The summed E-state index contributed by atoms with van der Waals surface area (Å²) < 4.78 is 28.1. The zero-order chi connectivity index (χ0) is 21.3. The van der Waals surface area contributed by atoms with Gasteiger partial charge in [0.1, 0.15) is 0 Å². The van der Waals surface area contributed by atoms with Crippen molar-refractivity contribution in [1.29, 1.82) is 0 Å². The largest absolute Gasteiger partial charge is 0.326 e. The van der Waals surface area contributed by atoms with Gasteiger partial charge in [-0.25, -0.2) is 13.4 Å². The molecule has 0 atom stereocenters. The molecule has 0 radical (unpaired) electrons.